The molecule has 1 fully saturated rings. The molecule has 1 aliphatic rings. The molecule has 1 aromatic rings. The minimum atomic E-state index is 0. The number of rotatable bonds is 6. The maximum absolute atomic E-state index is 4.87. The molecule has 0 aliphatic heterocycles. The first-order chi connectivity index (χ1) is 11.3. The van der Waals surface area contributed by atoms with E-state index in [2.05, 4.69) is 50.4 Å². The number of halogens is 1. The Morgan fingerprint density at radius 2 is 1.96 bits per heavy atom. The van der Waals surface area contributed by atoms with E-state index in [4.69, 9.17) is 4.99 Å². The lowest BCUT2D eigenvalue weighted by Crippen LogP contribution is -2.43. The zero-order chi connectivity index (χ0) is 17.7. The van der Waals surface area contributed by atoms with E-state index in [1.54, 1.807) is 0 Å². The summed E-state index contributed by atoms with van der Waals surface area (Å²) in [5, 5.41) is 11.5. The van der Waals surface area contributed by atoms with Gasteiger partial charge < -0.3 is 10.6 Å². The second-order valence-corrected chi connectivity index (χ2v) is 7.74. The van der Waals surface area contributed by atoms with Crippen LogP contribution >= 0.6 is 24.0 Å². The van der Waals surface area contributed by atoms with E-state index in [0.29, 0.717) is 11.5 Å². The summed E-state index contributed by atoms with van der Waals surface area (Å²) in [6.45, 7) is 12.8. The van der Waals surface area contributed by atoms with E-state index >= 15 is 0 Å². The van der Waals surface area contributed by atoms with Gasteiger partial charge in [-0.1, -0.05) is 19.8 Å². The first kappa shape index (κ1) is 22.3. The van der Waals surface area contributed by atoms with Gasteiger partial charge in [0, 0.05) is 31.9 Å². The molecule has 0 saturated heterocycles. The predicted molar refractivity (Wildman–Crippen MR) is 117 cm³/mol. The van der Waals surface area contributed by atoms with E-state index < -0.39 is 0 Å². The Hall–Kier alpha value is -0.790. The summed E-state index contributed by atoms with van der Waals surface area (Å²) in [5.41, 5.74) is 4.11. The molecule has 5 nitrogen and oxygen atoms in total. The molecule has 144 valence electrons. The van der Waals surface area contributed by atoms with Gasteiger partial charge in [0.15, 0.2) is 5.96 Å². The van der Waals surface area contributed by atoms with E-state index in [-0.39, 0.29) is 24.0 Å². The molecular formula is C19H36IN5. The number of hydrogen-bond donors (Lipinski definition) is 2. The standard InChI is InChI=1S/C19H35N5.HI/c1-7-20-18(21-13-19(5)10-8-9-11-19)22-14(2)12-17-15(3)23-24(6)16(17)4;/h14H,7-13H2,1-6H3,(H2,20,21,22);1H. The number of aromatic nitrogens is 2. The van der Waals surface area contributed by atoms with Crippen LogP contribution in [-0.4, -0.2) is 34.9 Å². The Balaban J connectivity index is 0.00000312. The fourth-order valence-corrected chi connectivity index (χ4v) is 3.68. The minimum absolute atomic E-state index is 0. The zero-order valence-electron chi connectivity index (χ0n) is 16.8. The van der Waals surface area contributed by atoms with Crippen LogP contribution in [-0.2, 0) is 13.5 Å². The number of nitrogens with one attached hydrogen (secondary N) is 2. The van der Waals surface area contributed by atoms with Crippen molar-refractivity contribution in [2.24, 2.45) is 17.5 Å². The van der Waals surface area contributed by atoms with Crippen LogP contribution in [0.3, 0.4) is 0 Å². The fourth-order valence-electron chi connectivity index (χ4n) is 3.68. The van der Waals surface area contributed by atoms with Gasteiger partial charge in [-0.2, -0.15) is 5.10 Å². The van der Waals surface area contributed by atoms with Gasteiger partial charge in [-0.3, -0.25) is 9.67 Å². The third-order valence-corrected chi connectivity index (χ3v) is 5.33. The summed E-state index contributed by atoms with van der Waals surface area (Å²) in [6.07, 6.45) is 6.28. The second kappa shape index (κ2) is 9.78. The topological polar surface area (TPSA) is 54.2 Å². The third kappa shape index (κ3) is 6.15. The molecule has 2 rings (SSSR count). The van der Waals surface area contributed by atoms with Gasteiger partial charge in [0.05, 0.1) is 5.69 Å². The molecule has 2 N–H and O–H groups in total. The summed E-state index contributed by atoms with van der Waals surface area (Å²) in [4.78, 5) is 4.87. The molecule has 1 atom stereocenters. The minimum Gasteiger partial charge on any atom is -0.357 e. The number of hydrogen-bond acceptors (Lipinski definition) is 2. The molecule has 25 heavy (non-hydrogen) atoms. The van der Waals surface area contributed by atoms with E-state index in [9.17, 15) is 0 Å². The fraction of sp³-hybridized carbons (Fsp3) is 0.789. The molecule has 0 aromatic carbocycles. The summed E-state index contributed by atoms with van der Waals surface area (Å²) in [6, 6.07) is 0.320. The highest BCUT2D eigenvalue weighted by molar-refractivity contribution is 14.0. The molecule has 1 saturated carbocycles. The van der Waals surface area contributed by atoms with Crippen molar-refractivity contribution in [3.05, 3.63) is 17.0 Å². The Morgan fingerprint density at radius 1 is 1.32 bits per heavy atom. The highest BCUT2D eigenvalue weighted by Crippen LogP contribution is 2.37. The lowest BCUT2D eigenvalue weighted by molar-refractivity contribution is 0.350. The van der Waals surface area contributed by atoms with Gasteiger partial charge in [0.25, 0.3) is 0 Å². The highest BCUT2D eigenvalue weighted by Gasteiger charge is 2.28. The van der Waals surface area contributed by atoms with Gasteiger partial charge in [0.1, 0.15) is 0 Å². The van der Waals surface area contributed by atoms with E-state index in [1.807, 2.05) is 11.7 Å². The van der Waals surface area contributed by atoms with E-state index in [1.165, 1.54) is 36.9 Å². The van der Waals surface area contributed by atoms with Crippen molar-refractivity contribution in [2.45, 2.75) is 72.8 Å². The van der Waals surface area contributed by atoms with Crippen LogP contribution in [0, 0.1) is 19.3 Å². The average Bonchev–Trinajstić information content (AvgIpc) is 3.05. The van der Waals surface area contributed by atoms with Gasteiger partial charge in [-0.05, 0) is 57.9 Å². The molecule has 6 heteroatoms. The Labute approximate surface area is 170 Å². The molecule has 0 bridgehead atoms. The van der Waals surface area contributed by atoms with Crippen molar-refractivity contribution >= 4 is 29.9 Å². The third-order valence-electron chi connectivity index (χ3n) is 5.33. The molecule has 0 amide bonds. The van der Waals surface area contributed by atoms with Crippen LogP contribution in [0.1, 0.15) is 63.4 Å². The number of aliphatic imine (C=N–C) groups is 1. The largest absolute Gasteiger partial charge is 0.357 e. The van der Waals surface area contributed by atoms with Crippen molar-refractivity contribution in [2.75, 3.05) is 13.1 Å². The Kier molecular flexibility index (Phi) is 8.71. The zero-order valence-corrected chi connectivity index (χ0v) is 19.1. The summed E-state index contributed by atoms with van der Waals surface area (Å²) >= 11 is 0. The van der Waals surface area contributed by atoms with Gasteiger partial charge in [0.2, 0.25) is 0 Å². The summed E-state index contributed by atoms with van der Waals surface area (Å²) < 4.78 is 1.97. The second-order valence-electron chi connectivity index (χ2n) is 7.74. The summed E-state index contributed by atoms with van der Waals surface area (Å²) in [7, 11) is 2.01. The number of nitrogens with zero attached hydrogens (tertiary/aromatic N) is 3. The Bertz CT molecular complexity index is 573. The molecule has 1 aliphatic carbocycles. The molecule has 1 unspecified atom stereocenters. The first-order valence-electron chi connectivity index (χ1n) is 9.38. The quantitative estimate of drug-likeness (QED) is 0.386. The van der Waals surface area contributed by atoms with Crippen molar-refractivity contribution in [3.8, 4) is 0 Å². The number of guanidine groups is 1. The smallest absolute Gasteiger partial charge is 0.191 e. The number of aryl methyl sites for hydroxylation is 2. The van der Waals surface area contributed by atoms with Gasteiger partial charge in [-0.15, -0.1) is 24.0 Å². The van der Waals surface area contributed by atoms with Crippen molar-refractivity contribution in [1.82, 2.24) is 20.4 Å². The lowest BCUT2D eigenvalue weighted by atomic mass is 9.89. The Morgan fingerprint density at radius 3 is 2.48 bits per heavy atom. The van der Waals surface area contributed by atoms with Crippen molar-refractivity contribution in [1.29, 1.82) is 0 Å². The van der Waals surface area contributed by atoms with Crippen LogP contribution in [0.2, 0.25) is 0 Å². The van der Waals surface area contributed by atoms with Crippen molar-refractivity contribution < 1.29 is 0 Å². The molecule has 1 heterocycles. The molecule has 1 aromatic heterocycles. The van der Waals surface area contributed by atoms with Crippen LogP contribution in [0.5, 0.6) is 0 Å². The lowest BCUT2D eigenvalue weighted by Gasteiger charge is -2.23. The van der Waals surface area contributed by atoms with Crippen LogP contribution < -0.4 is 10.6 Å². The highest BCUT2D eigenvalue weighted by atomic mass is 127. The average molecular weight is 461 g/mol. The normalized spacial score (nSPS) is 17.9. The van der Waals surface area contributed by atoms with E-state index in [0.717, 1.165) is 31.2 Å². The van der Waals surface area contributed by atoms with Gasteiger partial charge in [-0.25, -0.2) is 0 Å². The van der Waals surface area contributed by atoms with Crippen LogP contribution in [0.25, 0.3) is 0 Å². The van der Waals surface area contributed by atoms with Gasteiger partial charge >= 0.3 is 0 Å². The summed E-state index contributed by atoms with van der Waals surface area (Å²) in [5.74, 6) is 0.942. The predicted octanol–water partition coefficient (Wildman–Crippen LogP) is 3.72. The maximum Gasteiger partial charge on any atom is 0.191 e. The first-order valence-corrected chi connectivity index (χ1v) is 9.38. The SMILES string of the molecule is CCNC(=NCC1(C)CCCC1)NC(C)Cc1c(C)nn(C)c1C.I. The van der Waals surface area contributed by atoms with Crippen LogP contribution in [0.4, 0.5) is 0 Å². The molecule has 0 spiro atoms. The van der Waals surface area contributed by atoms with Crippen LogP contribution in [0.15, 0.2) is 4.99 Å². The molecular weight excluding hydrogens is 425 g/mol. The van der Waals surface area contributed by atoms with Crippen molar-refractivity contribution in [3.63, 3.8) is 0 Å². The molecule has 0 radical (unpaired) electrons. The maximum atomic E-state index is 4.87. The monoisotopic (exact) mass is 461 g/mol.